The first kappa shape index (κ1) is 26.7. The van der Waals surface area contributed by atoms with Crippen LogP contribution in [0.15, 0.2) is 48.5 Å². The molecule has 10 heteroatoms. The lowest BCUT2D eigenvalue weighted by Crippen LogP contribution is -2.44. The lowest BCUT2D eigenvalue weighted by Gasteiger charge is -2.32. The molecule has 36 heavy (non-hydrogen) atoms. The number of amides is 1. The molecule has 3 aromatic rings. The highest BCUT2D eigenvalue weighted by Gasteiger charge is 2.25. The lowest BCUT2D eigenvalue weighted by atomic mass is 10.0. The third-order valence-corrected chi connectivity index (χ3v) is 6.53. The Morgan fingerprint density at radius 1 is 1.08 bits per heavy atom. The first-order valence-electron chi connectivity index (χ1n) is 11.9. The number of carbonyl (C=O) groups is 2. The number of ether oxygens (including phenoxy) is 1. The van der Waals surface area contributed by atoms with Gasteiger partial charge in [0.2, 0.25) is 3.79 Å². The molecule has 192 valence electrons. The average molecular weight is 552 g/mol. The summed E-state index contributed by atoms with van der Waals surface area (Å²) in [6, 6.07) is 15.3. The molecule has 0 atom stereocenters. The molecule has 1 aliphatic rings. The summed E-state index contributed by atoms with van der Waals surface area (Å²) in [7, 11) is 0. The summed E-state index contributed by atoms with van der Waals surface area (Å²) in [5.74, 6) is -0.656. The Morgan fingerprint density at radius 2 is 1.75 bits per heavy atom. The number of likely N-dealkylation sites (tertiary alicyclic amines) is 1. The summed E-state index contributed by atoms with van der Waals surface area (Å²) < 4.78 is 5.28. The highest BCUT2D eigenvalue weighted by Crippen LogP contribution is 2.26. The number of aromatic nitrogens is 2. The van der Waals surface area contributed by atoms with Crippen LogP contribution in [0.3, 0.4) is 0 Å². The molecule has 2 heterocycles. The summed E-state index contributed by atoms with van der Waals surface area (Å²) in [6.07, 6.45) is 1.71. The van der Waals surface area contributed by atoms with Crippen LogP contribution in [-0.2, 0) is 11.3 Å². The van der Waals surface area contributed by atoms with E-state index in [0.29, 0.717) is 11.3 Å². The molecule has 1 aromatic heterocycles. The Kier molecular flexibility index (Phi) is 8.45. The number of halogens is 3. The molecule has 0 aliphatic carbocycles. The number of carbonyl (C=O) groups excluding carboxylic acids is 2. The second-order valence-electron chi connectivity index (χ2n) is 9.32. The van der Waals surface area contributed by atoms with Crippen molar-refractivity contribution >= 4 is 57.6 Å². The van der Waals surface area contributed by atoms with Crippen molar-refractivity contribution in [3.8, 4) is 0 Å². The Hall–Kier alpha value is -2.32. The molecule has 1 fully saturated rings. The van der Waals surface area contributed by atoms with Crippen LogP contribution < -0.4 is 5.32 Å². The van der Waals surface area contributed by atoms with Crippen molar-refractivity contribution in [2.75, 3.05) is 19.7 Å². The Labute approximate surface area is 225 Å². The minimum absolute atomic E-state index is 0.103. The molecule has 1 aliphatic heterocycles. The van der Waals surface area contributed by atoms with Gasteiger partial charge in [-0.25, -0.2) is 4.79 Å². The highest BCUT2D eigenvalue weighted by molar-refractivity contribution is 6.67. The number of esters is 1. The van der Waals surface area contributed by atoms with Crippen LogP contribution in [0.1, 0.15) is 59.1 Å². The van der Waals surface area contributed by atoms with E-state index in [-0.39, 0.29) is 24.6 Å². The smallest absolute Gasteiger partial charge is 0.338 e. The van der Waals surface area contributed by atoms with Gasteiger partial charge in [0.25, 0.3) is 5.91 Å². The third kappa shape index (κ3) is 6.71. The van der Waals surface area contributed by atoms with E-state index in [1.165, 1.54) is 0 Å². The second kappa shape index (κ2) is 11.4. The maximum atomic E-state index is 13.1. The summed E-state index contributed by atoms with van der Waals surface area (Å²) >= 11 is 16.9. The molecular weight excluding hydrogens is 523 g/mol. The largest absolute Gasteiger partial charge is 0.458 e. The number of nitrogens with one attached hydrogen (secondary N) is 1. The van der Waals surface area contributed by atoms with Gasteiger partial charge in [0.15, 0.2) is 5.69 Å². The molecule has 0 radical (unpaired) electrons. The Balaban J connectivity index is 1.28. The molecule has 1 saturated heterocycles. The Bertz CT molecular complexity index is 1210. The fraction of sp³-hybridized carbons (Fsp3) is 0.423. The van der Waals surface area contributed by atoms with Crippen molar-refractivity contribution in [3.63, 3.8) is 0 Å². The molecule has 7 nitrogen and oxygen atoms in total. The standard InChI is InChI=1S/C26H29Cl3N4O3/c1-17(2)33-22-6-4-3-5-21(22)23(31-33)24(34)30-20-11-13-32(14-12-20)15-18-7-9-19(10-8-18)25(35)36-16-26(27,28)29/h3-10,17,20H,11-16H2,1-2H3,(H,30,34). The summed E-state index contributed by atoms with van der Waals surface area (Å²) in [6.45, 7) is 6.29. The third-order valence-electron chi connectivity index (χ3n) is 6.20. The number of fused-ring (bicyclic) bond motifs is 1. The zero-order valence-electron chi connectivity index (χ0n) is 20.2. The number of hydrogen-bond acceptors (Lipinski definition) is 5. The number of hydrogen-bond donors (Lipinski definition) is 1. The van der Waals surface area contributed by atoms with E-state index >= 15 is 0 Å². The van der Waals surface area contributed by atoms with Crippen LogP contribution in [0.5, 0.6) is 0 Å². The van der Waals surface area contributed by atoms with Gasteiger partial charge in [0.1, 0.15) is 6.61 Å². The van der Waals surface area contributed by atoms with Crippen LogP contribution >= 0.6 is 34.8 Å². The summed E-state index contributed by atoms with van der Waals surface area (Å²) in [5, 5.41) is 8.67. The van der Waals surface area contributed by atoms with Crippen LogP contribution in [0.2, 0.25) is 0 Å². The van der Waals surface area contributed by atoms with Crippen molar-refractivity contribution in [3.05, 3.63) is 65.4 Å². The van der Waals surface area contributed by atoms with Gasteiger partial charge in [-0.15, -0.1) is 0 Å². The van der Waals surface area contributed by atoms with Gasteiger partial charge in [0.05, 0.1) is 11.1 Å². The molecule has 0 saturated carbocycles. The van der Waals surface area contributed by atoms with Gasteiger partial charge >= 0.3 is 5.97 Å². The maximum Gasteiger partial charge on any atom is 0.338 e. The van der Waals surface area contributed by atoms with Crippen LogP contribution in [0.25, 0.3) is 10.9 Å². The van der Waals surface area contributed by atoms with Crippen LogP contribution in [0, 0.1) is 0 Å². The van der Waals surface area contributed by atoms with E-state index in [2.05, 4.69) is 29.2 Å². The summed E-state index contributed by atoms with van der Waals surface area (Å²) in [4.78, 5) is 27.5. The molecule has 1 amide bonds. The van der Waals surface area contributed by atoms with Gasteiger partial charge < -0.3 is 10.1 Å². The van der Waals surface area contributed by atoms with Gasteiger partial charge in [0, 0.05) is 37.1 Å². The Morgan fingerprint density at radius 3 is 2.39 bits per heavy atom. The number of rotatable bonds is 7. The van der Waals surface area contributed by atoms with Crippen molar-refractivity contribution in [1.82, 2.24) is 20.0 Å². The van der Waals surface area contributed by atoms with E-state index in [0.717, 1.165) is 48.9 Å². The van der Waals surface area contributed by atoms with Crippen molar-refractivity contribution in [2.45, 2.75) is 49.1 Å². The fourth-order valence-electron chi connectivity index (χ4n) is 4.37. The zero-order chi connectivity index (χ0) is 25.9. The molecule has 0 spiro atoms. The van der Waals surface area contributed by atoms with E-state index in [1.54, 1.807) is 12.1 Å². The van der Waals surface area contributed by atoms with Crippen molar-refractivity contribution < 1.29 is 14.3 Å². The zero-order valence-corrected chi connectivity index (χ0v) is 22.5. The molecule has 0 bridgehead atoms. The number of nitrogens with zero attached hydrogens (tertiary/aromatic N) is 3. The SMILES string of the molecule is CC(C)n1nc(C(=O)NC2CCN(Cc3ccc(C(=O)OCC(Cl)(Cl)Cl)cc3)CC2)c2ccccc21. The number of alkyl halides is 3. The van der Waals surface area contributed by atoms with Gasteiger partial charge in [-0.1, -0.05) is 65.1 Å². The van der Waals surface area contributed by atoms with Crippen LogP contribution in [-0.4, -0.2) is 56.1 Å². The molecule has 1 N–H and O–H groups in total. The van der Waals surface area contributed by atoms with Gasteiger partial charge in [-0.3, -0.25) is 14.4 Å². The minimum Gasteiger partial charge on any atom is -0.458 e. The predicted octanol–water partition coefficient (Wildman–Crippen LogP) is 5.54. The average Bonchev–Trinajstić information content (AvgIpc) is 3.24. The van der Waals surface area contributed by atoms with Gasteiger partial charge in [-0.2, -0.15) is 5.10 Å². The summed E-state index contributed by atoms with van der Waals surface area (Å²) in [5.41, 5.74) is 2.94. The first-order chi connectivity index (χ1) is 17.1. The van der Waals surface area contributed by atoms with Crippen molar-refractivity contribution in [2.24, 2.45) is 0 Å². The molecule has 0 unspecified atom stereocenters. The first-order valence-corrected chi connectivity index (χ1v) is 13.1. The molecule has 4 rings (SSSR count). The lowest BCUT2D eigenvalue weighted by molar-refractivity contribution is 0.0512. The maximum absolute atomic E-state index is 13.1. The quantitative estimate of drug-likeness (QED) is 0.308. The van der Waals surface area contributed by atoms with Crippen LogP contribution in [0.4, 0.5) is 0 Å². The topological polar surface area (TPSA) is 76.5 Å². The normalized spacial score (nSPS) is 15.4. The van der Waals surface area contributed by atoms with E-state index in [1.807, 2.05) is 41.1 Å². The molecule has 2 aromatic carbocycles. The minimum atomic E-state index is -1.63. The van der Waals surface area contributed by atoms with E-state index in [4.69, 9.17) is 39.5 Å². The predicted molar refractivity (Wildman–Crippen MR) is 143 cm³/mol. The number of para-hydroxylation sites is 1. The highest BCUT2D eigenvalue weighted by atomic mass is 35.6. The van der Waals surface area contributed by atoms with Gasteiger partial charge in [-0.05, 0) is 50.5 Å². The fourth-order valence-corrected chi connectivity index (χ4v) is 4.54. The van der Waals surface area contributed by atoms with Crippen molar-refractivity contribution in [1.29, 1.82) is 0 Å². The number of benzene rings is 2. The second-order valence-corrected chi connectivity index (χ2v) is 11.8. The number of piperidine rings is 1. The monoisotopic (exact) mass is 550 g/mol. The van der Waals surface area contributed by atoms with E-state index < -0.39 is 9.76 Å². The molecular formula is C26H29Cl3N4O3. The van der Waals surface area contributed by atoms with E-state index in [9.17, 15) is 9.59 Å².